The third-order valence-corrected chi connectivity index (χ3v) is 9.84. The lowest BCUT2D eigenvalue weighted by Crippen LogP contribution is -2.58. The second kappa shape index (κ2) is 10.4. The summed E-state index contributed by atoms with van der Waals surface area (Å²) in [7, 11) is 0. The van der Waals surface area contributed by atoms with Gasteiger partial charge in [-0.15, -0.1) is 24.9 Å². The average molecular weight is 493 g/mol. The van der Waals surface area contributed by atoms with Crippen LogP contribution in [0.5, 0.6) is 0 Å². The molecule has 7 atom stereocenters. The van der Waals surface area contributed by atoms with E-state index in [1.807, 2.05) is 18.7 Å². The van der Waals surface area contributed by atoms with Gasteiger partial charge in [0.15, 0.2) is 0 Å². The SMILES string of the molecule is C=CCCOC(=O)[C@@H]1[C@H]2C(=O)N([C@H](C)CO)C(C(=O)N(CC=C)C(C)CCC)C23CC[C@@]1(C)S3. The molecule has 0 radical (unpaired) electrons. The third kappa shape index (κ3) is 4.21. The van der Waals surface area contributed by atoms with E-state index in [4.69, 9.17) is 4.74 Å². The van der Waals surface area contributed by atoms with Crippen LogP contribution >= 0.6 is 11.8 Å². The Kier molecular flexibility index (Phi) is 8.23. The Morgan fingerprint density at radius 2 is 2.03 bits per heavy atom. The maximum absolute atomic E-state index is 14.2. The summed E-state index contributed by atoms with van der Waals surface area (Å²) >= 11 is 1.62. The summed E-state index contributed by atoms with van der Waals surface area (Å²) in [5, 5.41) is 10.0. The first-order valence-electron chi connectivity index (χ1n) is 12.5. The van der Waals surface area contributed by atoms with E-state index in [2.05, 4.69) is 20.1 Å². The van der Waals surface area contributed by atoms with E-state index in [0.29, 0.717) is 19.4 Å². The summed E-state index contributed by atoms with van der Waals surface area (Å²) in [5.74, 6) is -1.96. The summed E-state index contributed by atoms with van der Waals surface area (Å²) in [6, 6.07) is -1.27. The van der Waals surface area contributed by atoms with Crippen LogP contribution < -0.4 is 0 Å². The lowest BCUT2D eigenvalue weighted by molar-refractivity contribution is -0.156. The largest absolute Gasteiger partial charge is 0.465 e. The maximum atomic E-state index is 14.2. The number of nitrogens with zero attached hydrogens (tertiary/aromatic N) is 2. The highest BCUT2D eigenvalue weighted by Crippen LogP contribution is 2.71. The van der Waals surface area contributed by atoms with Crippen LogP contribution in [0.4, 0.5) is 0 Å². The van der Waals surface area contributed by atoms with Gasteiger partial charge in [-0.1, -0.05) is 25.5 Å². The lowest BCUT2D eigenvalue weighted by Gasteiger charge is -2.40. The molecule has 0 aromatic carbocycles. The molecule has 1 spiro atoms. The van der Waals surface area contributed by atoms with E-state index in [-0.39, 0.29) is 37.0 Å². The van der Waals surface area contributed by atoms with Gasteiger partial charge in [0.25, 0.3) is 0 Å². The van der Waals surface area contributed by atoms with E-state index < -0.39 is 33.4 Å². The van der Waals surface area contributed by atoms with Crippen molar-refractivity contribution in [1.82, 2.24) is 9.80 Å². The average Bonchev–Trinajstić information content (AvgIpc) is 3.37. The summed E-state index contributed by atoms with van der Waals surface area (Å²) in [6.07, 6.45) is 7.15. The molecule has 190 valence electrons. The Bertz CT molecular complexity index is 834. The van der Waals surface area contributed by atoms with Crippen LogP contribution in [-0.4, -0.2) is 80.1 Å². The van der Waals surface area contributed by atoms with E-state index >= 15 is 0 Å². The van der Waals surface area contributed by atoms with Gasteiger partial charge in [0.05, 0.1) is 35.8 Å². The third-order valence-electron chi connectivity index (χ3n) is 7.86. The molecule has 3 aliphatic heterocycles. The van der Waals surface area contributed by atoms with E-state index in [1.165, 1.54) is 0 Å². The first-order valence-corrected chi connectivity index (χ1v) is 13.3. The summed E-state index contributed by atoms with van der Waals surface area (Å²) < 4.78 is 4.39. The van der Waals surface area contributed by atoms with Crippen molar-refractivity contribution < 1.29 is 24.2 Å². The molecule has 2 amide bonds. The Hall–Kier alpha value is -1.80. The topological polar surface area (TPSA) is 87.1 Å². The van der Waals surface area contributed by atoms with Crippen LogP contribution in [0, 0.1) is 11.8 Å². The molecular formula is C26H40N2O5S. The highest BCUT2D eigenvalue weighted by molar-refractivity contribution is 8.02. The number of likely N-dealkylation sites (tertiary alicyclic amines) is 1. The zero-order valence-corrected chi connectivity index (χ0v) is 21.8. The van der Waals surface area contributed by atoms with Gasteiger partial charge in [-0.05, 0) is 46.5 Å². The summed E-state index contributed by atoms with van der Waals surface area (Å²) in [6.45, 7) is 15.8. The zero-order chi connectivity index (χ0) is 25.3. The molecule has 3 aliphatic rings. The van der Waals surface area contributed by atoms with Gasteiger partial charge in [0.2, 0.25) is 11.8 Å². The highest BCUT2D eigenvalue weighted by Gasteiger charge is 2.78. The van der Waals surface area contributed by atoms with Crippen LogP contribution in [0.15, 0.2) is 25.3 Å². The number of ether oxygens (including phenoxy) is 1. The molecular weight excluding hydrogens is 452 g/mol. The number of hydrogen-bond donors (Lipinski definition) is 1. The van der Waals surface area contributed by atoms with Crippen molar-refractivity contribution in [2.45, 2.75) is 87.4 Å². The van der Waals surface area contributed by atoms with Crippen molar-refractivity contribution in [3.8, 4) is 0 Å². The molecule has 7 nitrogen and oxygen atoms in total. The van der Waals surface area contributed by atoms with Crippen molar-refractivity contribution >= 4 is 29.5 Å². The van der Waals surface area contributed by atoms with Crippen LogP contribution in [0.2, 0.25) is 0 Å². The van der Waals surface area contributed by atoms with Crippen LogP contribution in [0.25, 0.3) is 0 Å². The molecule has 3 heterocycles. The second-order valence-electron chi connectivity index (χ2n) is 10.2. The molecule has 3 fully saturated rings. The number of carbonyl (C=O) groups is 3. The molecule has 0 aliphatic carbocycles. The van der Waals surface area contributed by atoms with Gasteiger partial charge in [0.1, 0.15) is 6.04 Å². The maximum Gasteiger partial charge on any atom is 0.311 e. The number of aliphatic hydroxyl groups is 1. The predicted octanol–water partition coefficient (Wildman–Crippen LogP) is 3.17. The minimum Gasteiger partial charge on any atom is -0.465 e. The molecule has 8 heteroatoms. The van der Waals surface area contributed by atoms with Crippen LogP contribution in [-0.2, 0) is 19.1 Å². The fourth-order valence-electron chi connectivity index (χ4n) is 6.25. The zero-order valence-electron chi connectivity index (χ0n) is 21.0. The van der Waals surface area contributed by atoms with Crippen molar-refractivity contribution in [1.29, 1.82) is 0 Å². The molecule has 3 rings (SSSR count). The molecule has 0 aromatic heterocycles. The first-order chi connectivity index (χ1) is 16.1. The summed E-state index contributed by atoms with van der Waals surface area (Å²) in [4.78, 5) is 44.8. The van der Waals surface area contributed by atoms with Crippen molar-refractivity contribution in [2.75, 3.05) is 19.8 Å². The lowest BCUT2D eigenvalue weighted by atomic mass is 9.66. The van der Waals surface area contributed by atoms with E-state index in [0.717, 1.165) is 19.3 Å². The van der Waals surface area contributed by atoms with Gasteiger partial charge in [-0.3, -0.25) is 14.4 Å². The molecule has 0 saturated carbocycles. The van der Waals surface area contributed by atoms with Gasteiger partial charge < -0.3 is 19.6 Å². The summed E-state index contributed by atoms with van der Waals surface area (Å²) in [5.41, 5.74) is 0. The van der Waals surface area contributed by atoms with E-state index in [1.54, 1.807) is 35.7 Å². The first kappa shape index (κ1) is 26.8. The van der Waals surface area contributed by atoms with Crippen molar-refractivity contribution in [2.24, 2.45) is 11.8 Å². The van der Waals surface area contributed by atoms with Gasteiger partial charge >= 0.3 is 5.97 Å². The number of aliphatic hydroxyl groups excluding tert-OH is 1. The number of hydrogen-bond acceptors (Lipinski definition) is 6. The van der Waals surface area contributed by atoms with Crippen molar-refractivity contribution in [3.63, 3.8) is 0 Å². The van der Waals surface area contributed by atoms with Gasteiger partial charge in [-0.2, -0.15) is 0 Å². The Morgan fingerprint density at radius 1 is 1.32 bits per heavy atom. The fraction of sp³-hybridized carbons (Fsp3) is 0.731. The monoisotopic (exact) mass is 492 g/mol. The van der Waals surface area contributed by atoms with Gasteiger partial charge in [-0.25, -0.2) is 0 Å². The second-order valence-corrected chi connectivity index (χ2v) is 12.1. The fourth-order valence-corrected chi connectivity index (χ4v) is 8.58. The normalized spacial score (nSPS) is 33.4. The number of carbonyl (C=O) groups excluding carboxylic acids is 3. The minimum atomic E-state index is -0.732. The molecule has 1 N–H and O–H groups in total. The van der Waals surface area contributed by atoms with Crippen LogP contribution in [0.1, 0.15) is 59.8 Å². The van der Waals surface area contributed by atoms with Crippen LogP contribution in [0.3, 0.4) is 0 Å². The smallest absolute Gasteiger partial charge is 0.311 e. The van der Waals surface area contributed by atoms with Gasteiger partial charge in [0, 0.05) is 17.3 Å². The number of thioether (sulfide) groups is 1. The Morgan fingerprint density at radius 3 is 2.62 bits per heavy atom. The number of amides is 2. The molecule has 3 saturated heterocycles. The number of rotatable bonds is 12. The predicted molar refractivity (Wildman–Crippen MR) is 134 cm³/mol. The van der Waals surface area contributed by atoms with Crippen molar-refractivity contribution in [3.05, 3.63) is 25.3 Å². The molecule has 2 bridgehead atoms. The standard InChI is InChI=1S/C26H40N2O5S/c1-7-10-15-33-24(32)20-19-22(30)28(18(5)16-29)21(26(19)13-12-25(20,6)34-26)23(31)27(14-9-3)17(4)11-8-2/h7,9,17-21,29H,1,3,8,10-16H2,2,4-6H3/t17?,18-,19+,20+,21?,25-,26?/m1/s1. The minimum absolute atomic E-state index is 0.00816. The highest BCUT2D eigenvalue weighted by atomic mass is 32.2. The quantitative estimate of drug-likeness (QED) is 0.256. The Balaban J connectivity index is 2.05. The molecule has 34 heavy (non-hydrogen) atoms. The number of fused-ring (bicyclic) bond motifs is 1. The molecule has 0 aromatic rings. The van der Waals surface area contributed by atoms with E-state index in [9.17, 15) is 19.5 Å². The number of esters is 1. The Labute approximate surface area is 208 Å². The molecule has 3 unspecified atom stereocenters.